The first-order valence-electron chi connectivity index (χ1n) is 20.3. The molecule has 4 heterocycles. The number of imidazole rings is 1. The van der Waals surface area contributed by atoms with Crippen molar-refractivity contribution in [1.29, 1.82) is 0 Å². The first kappa shape index (κ1) is 40.9. The fraction of sp³-hybridized carbons (Fsp3) is 0.226. The quantitative estimate of drug-likeness (QED) is 0.123. The van der Waals surface area contributed by atoms with Gasteiger partial charge in [0.05, 0.1) is 16.7 Å². The van der Waals surface area contributed by atoms with Gasteiger partial charge in [0.2, 0.25) is 0 Å². The summed E-state index contributed by atoms with van der Waals surface area (Å²) in [6.07, 6.45) is 9.12. The summed E-state index contributed by atoms with van der Waals surface area (Å²) < 4.78 is 13.0. The summed E-state index contributed by atoms with van der Waals surface area (Å²) >= 11 is 0. The molecule has 0 saturated carbocycles. The molecule has 0 bridgehead atoms. The molecule has 9 aromatic rings. The third-order valence-electron chi connectivity index (χ3n) is 11.2. The number of nitrogens with zero attached hydrogens (tertiary/aromatic N) is 5. The van der Waals surface area contributed by atoms with E-state index in [1.807, 2.05) is 29.1 Å². The third kappa shape index (κ3) is 7.70. The molecule has 9 rings (SSSR count). The van der Waals surface area contributed by atoms with Crippen molar-refractivity contribution in [3.63, 3.8) is 0 Å². The summed E-state index contributed by atoms with van der Waals surface area (Å²) in [6.45, 7) is 20.3. The zero-order valence-electron chi connectivity index (χ0n) is 35.7. The first-order chi connectivity index (χ1) is 28.1. The van der Waals surface area contributed by atoms with Crippen molar-refractivity contribution in [3.05, 3.63) is 169 Å². The average Bonchev–Trinajstić information content (AvgIpc) is 3.76. The molecule has 7 heteroatoms. The molecular weight excluding hydrogens is 918 g/mol. The maximum absolute atomic E-state index is 6.58. The molecule has 0 fully saturated rings. The average molecular weight is 967 g/mol. The van der Waals surface area contributed by atoms with Crippen LogP contribution in [-0.4, -0.2) is 19.1 Å². The van der Waals surface area contributed by atoms with Crippen LogP contribution in [0, 0.1) is 18.5 Å². The molecule has 0 aliphatic carbocycles. The summed E-state index contributed by atoms with van der Waals surface area (Å²) in [5, 5.41) is 2.20. The molecule has 4 aromatic heterocycles. The number of para-hydroxylation sites is 1. The molecule has 0 unspecified atom stereocenters. The predicted molar refractivity (Wildman–Crippen MR) is 239 cm³/mol. The van der Waals surface area contributed by atoms with Crippen LogP contribution in [-0.2, 0) is 37.3 Å². The summed E-state index contributed by atoms with van der Waals surface area (Å²) in [6, 6.07) is 47.9. The van der Waals surface area contributed by atoms with E-state index in [0.717, 1.165) is 55.5 Å². The van der Waals surface area contributed by atoms with Gasteiger partial charge < -0.3 is 18.9 Å². The topological polar surface area (TPSA) is 48.8 Å². The Morgan fingerprint density at radius 3 is 2.00 bits per heavy atom. The summed E-state index contributed by atoms with van der Waals surface area (Å²) in [7, 11) is 0. The van der Waals surface area contributed by atoms with Crippen molar-refractivity contribution in [2.24, 2.45) is 0 Å². The molecule has 6 nitrogen and oxygen atoms in total. The van der Waals surface area contributed by atoms with Crippen LogP contribution in [0.15, 0.2) is 134 Å². The van der Waals surface area contributed by atoms with Gasteiger partial charge in [0, 0.05) is 44.3 Å². The van der Waals surface area contributed by atoms with E-state index in [-0.39, 0.29) is 37.3 Å². The van der Waals surface area contributed by atoms with E-state index < -0.39 is 0 Å². The maximum Gasteiger partial charge on any atom is 0.268 e. The molecule has 60 heavy (non-hydrogen) atoms. The maximum atomic E-state index is 6.58. The fourth-order valence-corrected chi connectivity index (χ4v) is 7.73. The molecule has 5 aromatic carbocycles. The van der Waals surface area contributed by atoms with Crippen LogP contribution < -0.4 is 9.30 Å². The molecule has 0 aliphatic heterocycles. The molecule has 0 aliphatic rings. The predicted octanol–water partition coefficient (Wildman–Crippen LogP) is 12.5. The normalized spacial score (nSPS) is 12.3. The second-order valence-electron chi connectivity index (χ2n) is 18.6. The second kappa shape index (κ2) is 15.3. The minimum absolute atomic E-state index is 0. The van der Waals surface area contributed by atoms with Gasteiger partial charge in [-0.15, -0.1) is 23.6 Å². The third-order valence-corrected chi connectivity index (χ3v) is 11.2. The van der Waals surface area contributed by atoms with Gasteiger partial charge in [-0.2, -0.15) is 6.07 Å². The van der Waals surface area contributed by atoms with Crippen LogP contribution >= 0.6 is 0 Å². The molecular formula is C53H49N5OPt-2. The van der Waals surface area contributed by atoms with Crippen molar-refractivity contribution >= 4 is 32.8 Å². The zero-order valence-corrected chi connectivity index (χ0v) is 37.9. The Kier molecular flexibility index (Phi) is 10.4. The molecule has 0 amide bonds. The zero-order chi connectivity index (χ0) is 41.3. The number of aromatic nitrogens is 5. The van der Waals surface area contributed by atoms with E-state index in [1.165, 1.54) is 16.7 Å². The van der Waals surface area contributed by atoms with Crippen LogP contribution in [0.4, 0.5) is 0 Å². The van der Waals surface area contributed by atoms with E-state index >= 15 is 0 Å². The molecule has 0 atom stereocenters. The monoisotopic (exact) mass is 966 g/mol. The Morgan fingerprint density at radius 2 is 1.28 bits per heavy atom. The van der Waals surface area contributed by atoms with E-state index in [0.29, 0.717) is 17.2 Å². The van der Waals surface area contributed by atoms with E-state index in [9.17, 15) is 0 Å². The number of hydrogen-bond donors (Lipinski definition) is 0. The van der Waals surface area contributed by atoms with E-state index in [4.69, 9.17) is 9.72 Å². The number of pyridine rings is 2. The van der Waals surface area contributed by atoms with E-state index in [1.54, 1.807) is 6.20 Å². The summed E-state index contributed by atoms with van der Waals surface area (Å²) in [5.74, 6) is 1.87. The fourth-order valence-electron chi connectivity index (χ4n) is 7.73. The van der Waals surface area contributed by atoms with Gasteiger partial charge in [-0.25, -0.2) is 4.98 Å². The Hall–Kier alpha value is -5.84. The Bertz CT molecular complexity index is 3000. The van der Waals surface area contributed by atoms with Gasteiger partial charge in [-0.3, -0.25) is 4.57 Å². The van der Waals surface area contributed by atoms with Gasteiger partial charge in [-0.1, -0.05) is 141 Å². The van der Waals surface area contributed by atoms with Crippen LogP contribution in [0.25, 0.3) is 61.2 Å². The van der Waals surface area contributed by atoms with Crippen molar-refractivity contribution in [2.45, 2.75) is 78.6 Å². The number of rotatable bonds is 6. The van der Waals surface area contributed by atoms with Crippen molar-refractivity contribution in [2.75, 3.05) is 0 Å². The largest absolute Gasteiger partial charge is 0.508 e. The number of hydrogen-bond acceptors (Lipinski definition) is 3. The van der Waals surface area contributed by atoms with Crippen molar-refractivity contribution in [1.82, 2.24) is 19.1 Å². The van der Waals surface area contributed by atoms with Gasteiger partial charge in [0.1, 0.15) is 5.82 Å². The van der Waals surface area contributed by atoms with Gasteiger partial charge in [0.25, 0.3) is 6.33 Å². The first-order valence-corrected chi connectivity index (χ1v) is 20.3. The van der Waals surface area contributed by atoms with Crippen LogP contribution in [0.2, 0.25) is 0 Å². The van der Waals surface area contributed by atoms with Crippen molar-refractivity contribution in [3.8, 4) is 39.8 Å². The number of ether oxygens (including phenoxy) is 1. The van der Waals surface area contributed by atoms with Gasteiger partial charge in [0.15, 0.2) is 0 Å². The standard InChI is InChI=1S/C53H49N5O.Pt/c1-51(2,3)37-23-24-55-50(29-37)58-46-18-14-13-17-44(46)45-21-20-42(31-48(45)58)59-43-30-41(32-54-33-43)57-34-56(40-27-38(52(4,5)6)26-39(28-40)53(7,8)9)47-22-19-36(25-49(47)57)35-15-11-10-12-16-35;/h10-29,32-33H,1-9H3;/q-2;. The van der Waals surface area contributed by atoms with E-state index in [2.05, 4.69) is 198 Å². The summed E-state index contributed by atoms with van der Waals surface area (Å²) in [4.78, 5) is 9.52. The number of benzene rings is 5. The van der Waals surface area contributed by atoms with Crippen LogP contribution in [0.1, 0.15) is 79.0 Å². The summed E-state index contributed by atoms with van der Waals surface area (Å²) in [5.41, 5.74) is 11.6. The second-order valence-corrected chi connectivity index (χ2v) is 18.6. The molecule has 0 radical (unpaired) electrons. The minimum atomic E-state index is -0.0415. The van der Waals surface area contributed by atoms with Crippen molar-refractivity contribution < 1.29 is 30.4 Å². The minimum Gasteiger partial charge on any atom is -0.508 e. The van der Waals surface area contributed by atoms with Gasteiger partial charge >= 0.3 is 0 Å². The Labute approximate surface area is 367 Å². The van der Waals surface area contributed by atoms with Crippen LogP contribution in [0.5, 0.6) is 11.5 Å². The van der Waals surface area contributed by atoms with Crippen LogP contribution in [0.3, 0.4) is 0 Å². The molecule has 0 spiro atoms. The smallest absolute Gasteiger partial charge is 0.268 e. The molecule has 304 valence electrons. The molecule has 0 N–H and O–H groups in total. The Balaban J connectivity index is 0.00000499. The SMILES string of the molecule is CC(C)(C)c1cc(-[n+]2[c-]n(-c3[c-]c(Oc4[c-]c5c(cc4)c4ccccc4n5-c4cc(C(C)(C)C)ccn4)cnc3)c3cc(-c4ccccc4)ccc32)cc(C(C)(C)C)c1.[Pt]. The number of fused-ring (bicyclic) bond motifs is 4. The Morgan fingerprint density at radius 1 is 0.583 bits per heavy atom. The van der Waals surface area contributed by atoms with Gasteiger partial charge in [-0.05, 0) is 97.7 Å². The molecule has 0 saturated heterocycles.